The quantitative estimate of drug-likeness (QED) is 0.663. The van der Waals surface area contributed by atoms with Crippen molar-refractivity contribution in [1.82, 2.24) is 0 Å². The molecule has 1 fully saturated rings. The molecule has 0 spiro atoms. The Labute approximate surface area is 69.8 Å². The van der Waals surface area contributed by atoms with Gasteiger partial charge in [-0.15, -0.1) is 0 Å². The Bertz CT molecular complexity index is 111. The van der Waals surface area contributed by atoms with E-state index in [0.717, 1.165) is 19.3 Å². The zero-order chi connectivity index (χ0) is 8.32. The van der Waals surface area contributed by atoms with Crippen LogP contribution in [0.2, 0.25) is 0 Å². The van der Waals surface area contributed by atoms with Gasteiger partial charge in [0.15, 0.2) is 0 Å². The Morgan fingerprint density at radius 1 is 1.36 bits per heavy atom. The molecular formula is C10H20O. The van der Waals surface area contributed by atoms with Crippen LogP contribution in [0.4, 0.5) is 0 Å². The van der Waals surface area contributed by atoms with Gasteiger partial charge < -0.3 is 5.11 Å². The molecule has 0 bridgehead atoms. The molecule has 1 aliphatic rings. The van der Waals surface area contributed by atoms with Crippen LogP contribution in [-0.2, 0) is 0 Å². The molecule has 66 valence electrons. The molecule has 0 unspecified atom stereocenters. The van der Waals surface area contributed by atoms with E-state index in [4.69, 9.17) is 0 Å². The Balaban J connectivity index is 2.40. The lowest BCUT2D eigenvalue weighted by atomic mass is 9.63. The fourth-order valence-corrected chi connectivity index (χ4v) is 2.13. The lowest BCUT2D eigenvalue weighted by molar-refractivity contribution is -0.0422. The van der Waals surface area contributed by atoms with Crippen LogP contribution in [0.25, 0.3) is 0 Å². The predicted molar refractivity (Wildman–Crippen MR) is 47.5 cm³/mol. The summed E-state index contributed by atoms with van der Waals surface area (Å²) in [7, 11) is 0. The molecule has 0 radical (unpaired) electrons. The van der Waals surface area contributed by atoms with E-state index in [1.54, 1.807) is 0 Å². The summed E-state index contributed by atoms with van der Waals surface area (Å²) in [6.07, 6.45) is 7.08. The Kier molecular flexibility index (Phi) is 2.94. The standard InChI is InChI=1S/C10H20O/c1-3-6-9(11)10(4-2)7-5-8-10/h9,11H,3-8H2,1-2H3/t9-/m0/s1. The van der Waals surface area contributed by atoms with E-state index >= 15 is 0 Å². The maximum Gasteiger partial charge on any atom is 0.0596 e. The minimum absolute atomic E-state index is 0.0220. The fourth-order valence-electron chi connectivity index (χ4n) is 2.13. The molecule has 1 aliphatic carbocycles. The van der Waals surface area contributed by atoms with Crippen LogP contribution in [0.15, 0.2) is 0 Å². The van der Waals surface area contributed by atoms with E-state index in [1.165, 1.54) is 19.3 Å². The van der Waals surface area contributed by atoms with Crippen molar-refractivity contribution in [2.24, 2.45) is 5.41 Å². The zero-order valence-electron chi connectivity index (χ0n) is 7.77. The van der Waals surface area contributed by atoms with Gasteiger partial charge in [0.25, 0.3) is 0 Å². The number of hydrogen-bond acceptors (Lipinski definition) is 1. The first-order valence-electron chi connectivity index (χ1n) is 4.93. The number of rotatable bonds is 4. The molecule has 0 aromatic heterocycles. The first-order valence-corrected chi connectivity index (χ1v) is 4.93. The summed E-state index contributed by atoms with van der Waals surface area (Å²) in [5.74, 6) is 0. The van der Waals surface area contributed by atoms with Crippen molar-refractivity contribution in [3.8, 4) is 0 Å². The number of hydrogen-bond donors (Lipinski definition) is 1. The molecule has 11 heavy (non-hydrogen) atoms. The molecular weight excluding hydrogens is 136 g/mol. The zero-order valence-corrected chi connectivity index (χ0v) is 7.77. The van der Waals surface area contributed by atoms with Crippen molar-refractivity contribution in [1.29, 1.82) is 0 Å². The first kappa shape index (κ1) is 9.05. The van der Waals surface area contributed by atoms with Crippen molar-refractivity contribution in [2.75, 3.05) is 0 Å². The van der Waals surface area contributed by atoms with Gasteiger partial charge in [0.1, 0.15) is 0 Å². The number of aliphatic hydroxyl groups is 1. The summed E-state index contributed by atoms with van der Waals surface area (Å²) in [6, 6.07) is 0. The predicted octanol–water partition coefficient (Wildman–Crippen LogP) is 2.73. The molecule has 1 atom stereocenters. The highest BCUT2D eigenvalue weighted by atomic mass is 16.3. The lowest BCUT2D eigenvalue weighted by Gasteiger charge is -2.45. The summed E-state index contributed by atoms with van der Waals surface area (Å²) >= 11 is 0. The van der Waals surface area contributed by atoms with Crippen molar-refractivity contribution in [2.45, 2.75) is 58.5 Å². The minimum Gasteiger partial charge on any atom is -0.393 e. The van der Waals surface area contributed by atoms with Gasteiger partial charge in [-0.3, -0.25) is 0 Å². The van der Waals surface area contributed by atoms with Crippen LogP contribution in [0.1, 0.15) is 52.4 Å². The van der Waals surface area contributed by atoms with Gasteiger partial charge in [-0.2, -0.15) is 0 Å². The van der Waals surface area contributed by atoms with Gasteiger partial charge in [0.05, 0.1) is 6.10 Å². The van der Waals surface area contributed by atoms with Gasteiger partial charge >= 0.3 is 0 Å². The van der Waals surface area contributed by atoms with E-state index in [1.807, 2.05) is 0 Å². The minimum atomic E-state index is -0.0220. The molecule has 0 heterocycles. The number of aliphatic hydroxyl groups excluding tert-OH is 1. The maximum absolute atomic E-state index is 9.82. The van der Waals surface area contributed by atoms with Crippen molar-refractivity contribution < 1.29 is 5.11 Å². The molecule has 0 aromatic carbocycles. The summed E-state index contributed by atoms with van der Waals surface area (Å²) in [6.45, 7) is 4.35. The van der Waals surface area contributed by atoms with E-state index < -0.39 is 0 Å². The second-order valence-corrected chi connectivity index (χ2v) is 3.87. The lowest BCUT2D eigenvalue weighted by Crippen LogP contribution is -2.40. The first-order chi connectivity index (χ1) is 5.25. The second kappa shape index (κ2) is 3.57. The van der Waals surface area contributed by atoms with Crippen LogP contribution in [-0.4, -0.2) is 11.2 Å². The maximum atomic E-state index is 9.82. The van der Waals surface area contributed by atoms with Gasteiger partial charge in [-0.25, -0.2) is 0 Å². The molecule has 0 amide bonds. The molecule has 1 heteroatoms. The molecule has 0 aliphatic heterocycles. The highest BCUT2D eigenvalue weighted by molar-refractivity contribution is 4.92. The van der Waals surface area contributed by atoms with E-state index in [0.29, 0.717) is 5.41 Å². The fraction of sp³-hybridized carbons (Fsp3) is 1.00. The molecule has 1 saturated carbocycles. The largest absolute Gasteiger partial charge is 0.393 e. The molecule has 1 rings (SSSR count). The van der Waals surface area contributed by atoms with Gasteiger partial charge in [-0.05, 0) is 31.1 Å². The van der Waals surface area contributed by atoms with Crippen LogP contribution >= 0.6 is 0 Å². The van der Waals surface area contributed by atoms with E-state index in [9.17, 15) is 5.11 Å². The summed E-state index contributed by atoms with van der Waals surface area (Å²) < 4.78 is 0. The van der Waals surface area contributed by atoms with Crippen LogP contribution in [0.3, 0.4) is 0 Å². The third kappa shape index (κ3) is 1.58. The highest BCUT2D eigenvalue weighted by Gasteiger charge is 2.40. The van der Waals surface area contributed by atoms with E-state index in [2.05, 4.69) is 13.8 Å². The molecule has 0 saturated heterocycles. The second-order valence-electron chi connectivity index (χ2n) is 3.87. The van der Waals surface area contributed by atoms with Crippen LogP contribution in [0, 0.1) is 5.41 Å². The van der Waals surface area contributed by atoms with Crippen molar-refractivity contribution in [3.05, 3.63) is 0 Å². The Hall–Kier alpha value is -0.0400. The smallest absolute Gasteiger partial charge is 0.0596 e. The SMILES string of the molecule is CCC[C@H](O)C1(CC)CCC1. The van der Waals surface area contributed by atoms with E-state index in [-0.39, 0.29) is 6.10 Å². The average molecular weight is 156 g/mol. The summed E-state index contributed by atoms with van der Waals surface area (Å²) in [4.78, 5) is 0. The van der Waals surface area contributed by atoms with Gasteiger partial charge in [-0.1, -0.05) is 26.7 Å². The van der Waals surface area contributed by atoms with Gasteiger partial charge in [0, 0.05) is 0 Å². The molecule has 1 N–H and O–H groups in total. The normalized spacial score (nSPS) is 24.3. The van der Waals surface area contributed by atoms with Crippen molar-refractivity contribution >= 4 is 0 Å². The highest BCUT2D eigenvalue weighted by Crippen LogP contribution is 2.47. The third-order valence-electron chi connectivity index (χ3n) is 3.32. The van der Waals surface area contributed by atoms with Crippen LogP contribution in [0.5, 0.6) is 0 Å². The average Bonchev–Trinajstić information content (AvgIpc) is 1.87. The summed E-state index contributed by atoms with van der Waals surface area (Å²) in [5, 5.41) is 9.82. The summed E-state index contributed by atoms with van der Waals surface area (Å²) in [5.41, 5.74) is 0.329. The van der Waals surface area contributed by atoms with Gasteiger partial charge in [0.2, 0.25) is 0 Å². The molecule has 1 nitrogen and oxygen atoms in total. The Morgan fingerprint density at radius 2 is 2.00 bits per heavy atom. The van der Waals surface area contributed by atoms with Crippen molar-refractivity contribution in [3.63, 3.8) is 0 Å². The third-order valence-corrected chi connectivity index (χ3v) is 3.32. The monoisotopic (exact) mass is 156 g/mol. The Morgan fingerprint density at radius 3 is 2.27 bits per heavy atom. The van der Waals surface area contributed by atoms with Crippen LogP contribution < -0.4 is 0 Å². The molecule has 0 aromatic rings. The topological polar surface area (TPSA) is 20.2 Å².